The summed E-state index contributed by atoms with van der Waals surface area (Å²) in [6, 6.07) is 8.70. The normalized spacial score (nSPS) is 13.5. The predicted octanol–water partition coefficient (Wildman–Crippen LogP) is 2.03. The first kappa shape index (κ1) is 18.2. The van der Waals surface area contributed by atoms with Crippen LogP contribution >= 0.6 is 0 Å². The van der Waals surface area contributed by atoms with Gasteiger partial charge in [0.15, 0.2) is 0 Å². The van der Waals surface area contributed by atoms with Crippen molar-refractivity contribution in [3.05, 3.63) is 35.9 Å². The fourth-order valence-electron chi connectivity index (χ4n) is 2.04. The summed E-state index contributed by atoms with van der Waals surface area (Å²) in [5.41, 5.74) is 0.898. The summed E-state index contributed by atoms with van der Waals surface area (Å²) in [5, 5.41) is 11.9. The van der Waals surface area contributed by atoms with Gasteiger partial charge in [-0.2, -0.15) is 0 Å². The Hall–Kier alpha value is -1.88. The Morgan fingerprint density at radius 2 is 1.82 bits per heavy atom. The summed E-state index contributed by atoms with van der Waals surface area (Å²) in [6.45, 7) is 5.65. The Morgan fingerprint density at radius 1 is 1.18 bits per heavy atom. The van der Waals surface area contributed by atoms with Crippen LogP contribution in [0.1, 0.15) is 39.2 Å². The number of esters is 1. The summed E-state index contributed by atoms with van der Waals surface area (Å²) in [7, 11) is 0. The van der Waals surface area contributed by atoms with Crippen molar-refractivity contribution in [3.8, 4) is 0 Å². The molecule has 0 aliphatic heterocycles. The minimum absolute atomic E-state index is 0.0272. The zero-order valence-electron chi connectivity index (χ0n) is 13.4. The number of hydrogen-bond donors (Lipinski definition) is 2. The fourth-order valence-corrected chi connectivity index (χ4v) is 2.04. The van der Waals surface area contributed by atoms with E-state index in [4.69, 9.17) is 4.74 Å². The first-order valence-corrected chi connectivity index (χ1v) is 7.56. The summed E-state index contributed by atoms with van der Waals surface area (Å²) < 4.78 is 5.28. The molecule has 0 aromatic heterocycles. The molecular formula is C17H25NO4. The van der Waals surface area contributed by atoms with Crippen LogP contribution in [0.3, 0.4) is 0 Å². The third-order valence-corrected chi connectivity index (χ3v) is 3.03. The summed E-state index contributed by atoms with van der Waals surface area (Å²) in [6.07, 6.45) is -0.264. The highest BCUT2D eigenvalue weighted by Gasteiger charge is 2.23. The first-order valence-electron chi connectivity index (χ1n) is 7.56. The molecule has 2 atom stereocenters. The molecule has 1 amide bonds. The van der Waals surface area contributed by atoms with E-state index < -0.39 is 18.1 Å². The molecular weight excluding hydrogens is 282 g/mol. The molecule has 0 unspecified atom stereocenters. The minimum atomic E-state index is -0.736. The number of aliphatic hydroxyl groups is 1. The molecule has 122 valence electrons. The molecule has 5 nitrogen and oxygen atoms in total. The molecule has 5 heteroatoms. The van der Waals surface area contributed by atoms with Gasteiger partial charge >= 0.3 is 5.97 Å². The lowest BCUT2D eigenvalue weighted by atomic mass is 10.0. The molecule has 0 bridgehead atoms. The van der Waals surface area contributed by atoms with Crippen LogP contribution in [0.5, 0.6) is 0 Å². The van der Waals surface area contributed by atoms with E-state index in [-0.39, 0.29) is 24.9 Å². The van der Waals surface area contributed by atoms with E-state index in [9.17, 15) is 14.7 Å². The third kappa shape index (κ3) is 7.22. The third-order valence-electron chi connectivity index (χ3n) is 3.03. The van der Waals surface area contributed by atoms with Crippen LogP contribution in [0, 0.1) is 5.92 Å². The molecule has 0 saturated heterocycles. The number of nitrogens with one attached hydrogen (secondary N) is 1. The Bertz CT molecular complexity index is 471. The number of carbonyl (C=O) groups is 2. The second kappa shape index (κ2) is 9.20. The van der Waals surface area contributed by atoms with Crippen LogP contribution in [-0.2, 0) is 20.9 Å². The van der Waals surface area contributed by atoms with Crippen LogP contribution in [0.4, 0.5) is 0 Å². The van der Waals surface area contributed by atoms with Gasteiger partial charge in [-0.25, -0.2) is 4.79 Å². The van der Waals surface area contributed by atoms with Crippen molar-refractivity contribution in [2.45, 2.75) is 52.4 Å². The second-order valence-corrected chi connectivity index (χ2v) is 5.90. The first-order chi connectivity index (χ1) is 10.4. The van der Waals surface area contributed by atoms with Gasteiger partial charge in [0, 0.05) is 0 Å². The Balaban J connectivity index is 2.58. The minimum Gasteiger partial charge on any atom is -0.459 e. The summed E-state index contributed by atoms with van der Waals surface area (Å²) >= 11 is 0. The van der Waals surface area contributed by atoms with Crippen LogP contribution in [0.25, 0.3) is 0 Å². The smallest absolute Gasteiger partial charge is 0.328 e. The summed E-state index contributed by atoms with van der Waals surface area (Å²) in [4.78, 5) is 23.9. The van der Waals surface area contributed by atoms with Crippen LogP contribution in [-0.4, -0.2) is 29.1 Å². The van der Waals surface area contributed by atoms with Gasteiger partial charge in [0.1, 0.15) is 12.6 Å². The van der Waals surface area contributed by atoms with E-state index in [2.05, 4.69) is 5.32 Å². The van der Waals surface area contributed by atoms with Crippen molar-refractivity contribution >= 4 is 11.9 Å². The molecule has 0 fully saturated rings. The molecule has 2 N–H and O–H groups in total. The average Bonchev–Trinajstić information content (AvgIpc) is 2.43. The number of aliphatic hydroxyl groups excluding tert-OH is 1. The molecule has 0 saturated carbocycles. The molecule has 1 aromatic rings. The van der Waals surface area contributed by atoms with Crippen LogP contribution in [0.2, 0.25) is 0 Å². The Kier molecular flexibility index (Phi) is 7.60. The largest absolute Gasteiger partial charge is 0.459 e. The molecule has 1 aromatic carbocycles. The van der Waals surface area contributed by atoms with Crippen LogP contribution in [0.15, 0.2) is 30.3 Å². The molecule has 0 aliphatic rings. The maximum Gasteiger partial charge on any atom is 0.328 e. The summed E-state index contributed by atoms with van der Waals surface area (Å²) in [5.74, 6) is -0.560. The molecule has 0 aliphatic carbocycles. The van der Waals surface area contributed by atoms with Gasteiger partial charge in [-0.15, -0.1) is 0 Å². The predicted molar refractivity (Wildman–Crippen MR) is 83.9 cm³/mol. The SMILES string of the molecule is CC(C)C[C@H](NC(=O)C[C@@H](C)O)C(=O)OCc1ccccc1. The van der Waals surface area contributed by atoms with E-state index in [1.807, 2.05) is 44.2 Å². The highest BCUT2D eigenvalue weighted by molar-refractivity contribution is 5.84. The number of benzene rings is 1. The van der Waals surface area contributed by atoms with Crippen molar-refractivity contribution < 1.29 is 19.4 Å². The number of amides is 1. The van der Waals surface area contributed by atoms with Crippen molar-refractivity contribution in [3.63, 3.8) is 0 Å². The van der Waals surface area contributed by atoms with Gasteiger partial charge in [-0.1, -0.05) is 44.2 Å². The Labute approximate surface area is 131 Å². The molecule has 0 radical (unpaired) electrons. The average molecular weight is 307 g/mol. The maximum atomic E-state index is 12.2. The van der Waals surface area contributed by atoms with Gasteiger partial charge in [-0.05, 0) is 24.8 Å². The van der Waals surface area contributed by atoms with Crippen molar-refractivity contribution in [2.24, 2.45) is 5.92 Å². The van der Waals surface area contributed by atoms with Crippen LogP contribution < -0.4 is 5.32 Å². The fraction of sp³-hybridized carbons (Fsp3) is 0.529. The van der Waals surface area contributed by atoms with E-state index >= 15 is 0 Å². The standard InChI is InChI=1S/C17H25NO4/c1-12(2)9-15(18-16(20)10-13(3)19)17(21)22-11-14-7-5-4-6-8-14/h4-8,12-13,15,19H,9-11H2,1-3H3,(H,18,20)/t13-,15+/m1/s1. The van der Waals surface area contributed by atoms with E-state index in [0.717, 1.165) is 5.56 Å². The highest BCUT2D eigenvalue weighted by atomic mass is 16.5. The van der Waals surface area contributed by atoms with Gasteiger partial charge in [0.2, 0.25) is 5.91 Å². The Morgan fingerprint density at radius 3 is 2.36 bits per heavy atom. The lowest BCUT2D eigenvalue weighted by Crippen LogP contribution is -2.43. The monoisotopic (exact) mass is 307 g/mol. The molecule has 22 heavy (non-hydrogen) atoms. The second-order valence-electron chi connectivity index (χ2n) is 5.90. The lowest BCUT2D eigenvalue weighted by Gasteiger charge is -2.20. The molecule has 1 rings (SSSR count). The van der Waals surface area contributed by atoms with Crippen molar-refractivity contribution in [1.29, 1.82) is 0 Å². The van der Waals surface area contributed by atoms with E-state index in [1.165, 1.54) is 6.92 Å². The van der Waals surface area contributed by atoms with Gasteiger partial charge in [-0.3, -0.25) is 4.79 Å². The van der Waals surface area contributed by atoms with Gasteiger partial charge in [0.05, 0.1) is 12.5 Å². The van der Waals surface area contributed by atoms with Gasteiger partial charge < -0.3 is 15.2 Å². The van der Waals surface area contributed by atoms with E-state index in [0.29, 0.717) is 6.42 Å². The highest BCUT2D eigenvalue weighted by Crippen LogP contribution is 2.09. The zero-order chi connectivity index (χ0) is 16.5. The van der Waals surface area contributed by atoms with Gasteiger partial charge in [0.25, 0.3) is 0 Å². The zero-order valence-corrected chi connectivity index (χ0v) is 13.4. The van der Waals surface area contributed by atoms with Crippen molar-refractivity contribution in [1.82, 2.24) is 5.32 Å². The quantitative estimate of drug-likeness (QED) is 0.721. The number of ether oxygens (including phenoxy) is 1. The maximum absolute atomic E-state index is 12.2. The number of hydrogen-bond acceptors (Lipinski definition) is 4. The van der Waals surface area contributed by atoms with Crippen molar-refractivity contribution in [2.75, 3.05) is 0 Å². The topological polar surface area (TPSA) is 75.6 Å². The number of carbonyl (C=O) groups excluding carboxylic acids is 2. The molecule has 0 spiro atoms. The molecule has 0 heterocycles. The van der Waals surface area contributed by atoms with E-state index in [1.54, 1.807) is 0 Å². The lowest BCUT2D eigenvalue weighted by molar-refractivity contribution is -0.149. The number of rotatable bonds is 8.